The van der Waals surface area contributed by atoms with Crippen molar-refractivity contribution in [1.82, 2.24) is 8.61 Å². The number of hydrogen-bond acceptors (Lipinski definition) is 4. The van der Waals surface area contributed by atoms with Gasteiger partial charge < -0.3 is 5.11 Å². The summed E-state index contributed by atoms with van der Waals surface area (Å²) in [6.45, 7) is 2.54. The highest BCUT2D eigenvalue weighted by Crippen LogP contribution is 2.22. The third kappa shape index (κ3) is 3.14. The first-order chi connectivity index (χ1) is 8.14. The molecule has 100 valence electrons. The summed E-state index contributed by atoms with van der Waals surface area (Å²) < 4.78 is 27.8. The second-order valence-corrected chi connectivity index (χ2v) is 7.70. The largest absolute Gasteiger partial charge is 0.396 e. The van der Waals surface area contributed by atoms with Crippen molar-refractivity contribution in [2.24, 2.45) is 5.92 Å². The monoisotopic (exact) mass is 280 g/mol. The topological polar surface area (TPSA) is 60.9 Å². The molecule has 2 aliphatic rings. The van der Waals surface area contributed by atoms with Crippen LogP contribution in [0.3, 0.4) is 0 Å². The molecule has 0 aromatic rings. The molecule has 0 bridgehead atoms. The molecule has 2 aliphatic heterocycles. The first kappa shape index (κ1) is 13.6. The Kier molecular flexibility index (Phi) is 4.71. The Bertz CT molecular complexity index is 333. The van der Waals surface area contributed by atoms with Crippen LogP contribution < -0.4 is 0 Å². The van der Waals surface area contributed by atoms with Crippen LogP contribution in [0, 0.1) is 5.92 Å². The minimum atomic E-state index is -3.25. The average molecular weight is 280 g/mol. The van der Waals surface area contributed by atoms with Gasteiger partial charge in [-0.25, -0.2) is 0 Å². The Morgan fingerprint density at radius 1 is 1.06 bits per heavy atom. The van der Waals surface area contributed by atoms with Crippen LogP contribution in [0.1, 0.15) is 12.8 Å². The highest BCUT2D eigenvalue weighted by molar-refractivity contribution is 7.99. The van der Waals surface area contributed by atoms with E-state index in [9.17, 15) is 8.42 Å². The van der Waals surface area contributed by atoms with Crippen molar-refractivity contribution >= 4 is 22.0 Å². The zero-order chi connectivity index (χ0) is 12.3. The van der Waals surface area contributed by atoms with E-state index in [0.717, 1.165) is 24.3 Å². The summed E-state index contributed by atoms with van der Waals surface area (Å²) in [4.78, 5) is 0. The van der Waals surface area contributed by atoms with E-state index in [0.29, 0.717) is 26.2 Å². The molecule has 0 aliphatic carbocycles. The van der Waals surface area contributed by atoms with Gasteiger partial charge in [0.25, 0.3) is 10.2 Å². The zero-order valence-electron chi connectivity index (χ0n) is 9.92. The van der Waals surface area contributed by atoms with E-state index < -0.39 is 10.2 Å². The van der Waals surface area contributed by atoms with Gasteiger partial charge in [-0.1, -0.05) is 0 Å². The van der Waals surface area contributed by atoms with E-state index in [1.54, 1.807) is 8.61 Å². The summed E-state index contributed by atoms with van der Waals surface area (Å²) in [6, 6.07) is 0. The summed E-state index contributed by atoms with van der Waals surface area (Å²) in [5, 5.41) is 9.05. The van der Waals surface area contributed by atoms with Gasteiger partial charge in [-0.15, -0.1) is 0 Å². The molecule has 0 atom stereocenters. The van der Waals surface area contributed by atoms with Crippen LogP contribution >= 0.6 is 11.8 Å². The number of nitrogens with zero attached hydrogens (tertiary/aromatic N) is 2. The molecule has 0 radical (unpaired) electrons. The zero-order valence-corrected chi connectivity index (χ0v) is 11.5. The van der Waals surface area contributed by atoms with Crippen LogP contribution in [0.2, 0.25) is 0 Å². The summed E-state index contributed by atoms with van der Waals surface area (Å²) in [6.07, 6.45) is 1.55. The minimum Gasteiger partial charge on any atom is -0.396 e. The number of aliphatic hydroxyl groups is 1. The van der Waals surface area contributed by atoms with Gasteiger partial charge >= 0.3 is 0 Å². The third-order valence-corrected chi connectivity index (χ3v) is 6.43. The molecule has 0 unspecified atom stereocenters. The second kappa shape index (κ2) is 5.88. The van der Waals surface area contributed by atoms with Gasteiger partial charge in [0, 0.05) is 44.3 Å². The molecule has 0 amide bonds. The molecule has 7 heteroatoms. The molecule has 0 aromatic heterocycles. The van der Waals surface area contributed by atoms with Crippen molar-refractivity contribution < 1.29 is 13.5 Å². The standard InChI is InChI=1S/C10H20N2O3S2/c13-9-10-1-3-11(4-2-10)17(14,15)12-5-7-16-8-6-12/h10,13H,1-9H2. The van der Waals surface area contributed by atoms with Crippen molar-refractivity contribution in [3.8, 4) is 0 Å². The molecule has 17 heavy (non-hydrogen) atoms. The lowest BCUT2D eigenvalue weighted by Crippen LogP contribution is -2.49. The van der Waals surface area contributed by atoms with Crippen molar-refractivity contribution in [1.29, 1.82) is 0 Å². The van der Waals surface area contributed by atoms with Crippen LogP contribution in [-0.2, 0) is 10.2 Å². The second-order valence-electron chi connectivity index (χ2n) is 4.54. The number of thioether (sulfide) groups is 1. The minimum absolute atomic E-state index is 0.175. The number of aliphatic hydroxyl groups excluding tert-OH is 1. The fourth-order valence-corrected chi connectivity index (χ4v) is 5.04. The van der Waals surface area contributed by atoms with E-state index in [4.69, 9.17) is 5.11 Å². The van der Waals surface area contributed by atoms with Crippen molar-refractivity contribution in [3.63, 3.8) is 0 Å². The van der Waals surface area contributed by atoms with E-state index in [-0.39, 0.29) is 12.5 Å². The smallest absolute Gasteiger partial charge is 0.282 e. The SMILES string of the molecule is O=S(=O)(N1CCSCC1)N1CCC(CO)CC1. The molecule has 2 saturated heterocycles. The lowest BCUT2D eigenvalue weighted by molar-refractivity contribution is 0.166. The molecule has 2 fully saturated rings. The third-order valence-electron chi connectivity index (χ3n) is 3.45. The van der Waals surface area contributed by atoms with Crippen molar-refractivity contribution in [3.05, 3.63) is 0 Å². The highest BCUT2D eigenvalue weighted by Gasteiger charge is 2.33. The van der Waals surface area contributed by atoms with Gasteiger partial charge in [-0.3, -0.25) is 0 Å². The van der Waals surface area contributed by atoms with Gasteiger partial charge in [0.15, 0.2) is 0 Å². The summed E-state index contributed by atoms with van der Waals surface area (Å²) in [5.41, 5.74) is 0. The van der Waals surface area contributed by atoms with E-state index in [2.05, 4.69) is 0 Å². The molecule has 1 N–H and O–H groups in total. The Hall–Kier alpha value is 0.180. The molecule has 5 nitrogen and oxygen atoms in total. The average Bonchev–Trinajstić information content (AvgIpc) is 2.40. The molecule has 0 saturated carbocycles. The van der Waals surface area contributed by atoms with E-state index in [1.807, 2.05) is 11.8 Å². The maximum absolute atomic E-state index is 12.3. The van der Waals surface area contributed by atoms with Gasteiger partial charge in [-0.2, -0.15) is 28.8 Å². The summed E-state index contributed by atoms with van der Waals surface area (Å²) >= 11 is 1.81. The summed E-state index contributed by atoms with van der Waals surface area (Å²) in [5.74, 6) is 2.07. The van der Waals surface area contributed by atoms with Crippen LogP contribution in [0.4, 0.5) is 0 Å². The van der Waals surface area contributed by atoms with Gasteiger partial charge in [-0.05, 0) is 18.8 Å². The van der Waals surface area contributed by atoms with Crippen LogP contribution in [0.25, 0.3) is 0 Å². The lowest BCUT2D eigenvalue weighted by atomic mass is 10.00. The molecule has 2 rings (SSSR count). The number of rotatable bonds is 3. The quantitative estimate of drug-likeness (QED) is 0.789. The number of hydrogen-bond donors (Lipinski definition) is 1. The predicted molar refractivity (Wildman–Crippen MR) is 69.2 cm³/mol. The van der Waals surface area contributed by atoms with Crippen LogP contribution in [-0.4, -0.2) is 66.4 Å². The highest BCUT2D eigenvalue weighted by atomic mass is 32.2. The van der Waals surface area contributed by atoms with Gasteiger partial charge in [0.2, 0.25) is 0 Å². The normalized spacial score (nSPS) is 26.2. The summed E-state index contributed by atoms with van der Waals surface area (Å²) in [7, 11) is -3.25. The fourth-order valence-electron chi connectivity index (χ4n) is 2.26. The lowest BCUT2D eigenvalue weighted by Gasteiger charge is -2.35. The van der Waals surface area contributed by atoms with Crippen LogP contribution in [0.15, 0.2) is 0 Å². The molecule has 2 heterocycles. The Morgan fingerprint density at radius 3 is 2.12 bits per heavy atom. The Morgan fingerprint density at radius 2 is 1.59 bits per heavy atom. The van der Waals surface area contributed by atoms with Gasteiger partial charge in [0.05, 0.1) is 0 Å². The van der Waals surface area contributed by atoms with Gasteiger partial charge in [0.1, 0.15) is 0 Å². The number of piperidine rings is 1. The molecule has 0 aromatic carbocycles. The Balaban J connectivity index is 1.96. The van der Waals surface area contributed by atoms with Crippen molar-refractivity contribution in [2.45, 2.75) is 12.8 Å². The first-order valence-electron chi connectivity index (χ1n) is 6.08. The predicted octanol–water partition coefficient (Wildman–Crippen LogP) is -0.0157. The molecule has 0 spiro atoms. The molecular formula is C10H20N2O3S2. The Labute approximate surface area is 107 Å². The maximum atomic E-state index is 12.3. The van der Waals surface area contributed by atoms with E-state index in [1.165, 1.54) is 0 Å². The first-order valence-corrected chi connectivity index (χ1v) is 8.63. The van der Waals surface area contributed by atoms with Crippen LogP contribution in [0.5, 0.6) is 0 Å². The molecular weight excluding hydrogens is 260 g/mol. The maximum Gasteiger partial charge on any atom is 0.282 e. The van der Waals surface area contributed by atoms with E-state index >= 15 is 0 Å². The van der Waals surface area contributed by atoms with Crippen molar-refractivity contribution in [2.75, 3.05) is 44.3 Å². The fraction of sp³-hybridized carbons (Fsp3) is 1.00.